The molecule has 1 aliphatic carbocycles. The molecule has 28 heavy (non-hydrogen) atoms. The Hall–Kier alpha value is -2.56. The lowest BCUT2D eigenvalue weighted by molar-refractivity contribution is -0.126. The van der Waals surface area contributed by atoms with Crippen molar-refractivity contribution in [1.82, 2.24) is 10.2 Å². The van der Waals surface area contributed by atoms with Crippen molar-refractivity contribution in [3.05, 3.63) is 59.5 Å². The molecule has 1 atom stereocenters. The van der Waals surface area contributed by atoms with Crippen LogP contribution in [0.1, 0.15) is 73.0 Å². The summed E-state index contributed by atoms with van der Waals surface area (Å²) in [6.45, 7) is 3.21. The van der Waals surface area contributed by atoms with Crippen molar-refractivity contribution in [2.24, 2.45) is 0 Å². The Bertz CT molecular complexity index is 837. The fraction of sp³-hybridized carbons (Fsp3) is 0.478. The van der Waals surface area contributed by atoms with Gasteiger partial charge in [-0.3, -0.25) is 9.59 Å². The Kier molecular flexibility index (Phi) is 5.25. The summed E-state index contributed by atoms with van der Waals surface area (Å²) in [4.78, 5) is 28.9. The zero-order valence-corrected chi connectivity index (χ0v) is 16.4. The number of hydrogen-bond donors (Lipinski definition) is 1. The molecular formula is C23H28N2O3. The van der Waals surface area contributed by atoms with Crippen LogP contribution < -0.4 is 5.32 Å². The molecule has 1 N–H and O–H groups in total. The van der Waals surface area contributed by atoms with Gasteiger partial charge in [0, 0.05) is 12.1 Å². The summed E-state index contributed by atoms with van der Waals surface area (Å²) in [6.07, 6.45) is 7.47. The Balaban J connectivity index is 1.72. The monoisotopic (exact) mass is 380 g/mol. The highest BCUT2D eigenvalue weighted by molar-refractivity contribution is 6.02. The number of nitrogens with one attached hydrogen (secondary N) is 1. The smallest absolute Gasteiger partial charge is 0.254 e. The Labute approximate surface area is 166 Å². The highest BCUT2D eigenvalue weighted by Crippen LogP contribution is 2.50. The van der Waals surface area contributed by atoms with Crippen molar-refractivity contribution < 1.29 is 14.0 Å². The highest BCUT2D eigenvalue weighted by atomic mass is 16.3. The Morgan fingerprint density at radius 2 is 2.00 bits per heavy atom. The van der Waals surface area contributed by atoms with Gasteiger partial charge in [-0.05, 0) is 43.0 Å². The fourth-order valence-electron chi connectivity index (χ4n) is 5.00. The third-order valence-corrected chi connectivity index (χ3v) is 6.31. The number of unbranched alkanes of at least 4 members (excludes halogenated alkanes) is 1. The number of nitrogens with zero attached hydrogens (tertiary/aromatic N) is 1. The molecule has 1 unspecified atom stereocenters. The van der Waals surface area contributed by atoms with E-state index in [1.54, 1.807) is 6.26 Å². The number of carbonyl (C=O) groups excluding carboxylic acids is 2. The largest absolute Gasteiger partial charge is 0.467 e. The molecule has 148 valence electrons. The van der Waals surface area contributed by atoms with Crippen LogP contribution in [0.25, 0.3) is 0 Å². The lowest BCUT2D eigenvalue weighted by Gasteiger charge is -2.50. The zero-order chi connectivity index (χ0) is 19.6. The van der Waals surface area contributed by atoms with Gasteiger partial charge in [0.2, 0.25) is 5.91 Å². The van der Waals surface area contributed by atoms with E-state index in [0.29, 0.717) is 18.7 Å². The molecule has 0 radical (unpaired) electrons. The SMILES string of the molecule is CCCCN1C(=O)c2ccccc2C(C(=O)NCc2ccco2)C12CCCC2. The average Bonchev–Trinajstić information content (AvgIpc) is 3.39. The molecule has 4 rings (SSSR count). The summed E-state index contributed by atoms with van der Waals surface area (Å²) >= 11 is 0. The third-order valence-electron chi connectivity index (χ3n) is 6.31. The third kappa shape index (κ3) is 3.13. The highest BCUT2D eigenvalue weighted by Gasteiger charge is 2.55. The second-order valence-corrected chi connectivity index (χ2v) is 7.94. The van der Waals surface area contributed by atoms with E-state index in [9.17, 15) is 9.59 Å². The minimum absolute atomic E-state index is 0.0141. The van der Waals surface area contributed by atoms with Gasteiger partial charge >= 0.3 is 0 Å². The molecule has 5 nitrogen and oxygen atoms in total. The molecular weight excluding hydrogens is 352 g/mol. The summed E-state index contributed by atoms with van der Waals surface area (Å²) in [6, 6.07) is 11.3. The maximum absolute atomic E-state index is 13.5. The second kappa shape index (κ2) is 7.82. The molecule has 1 aromatic heterocycles. The van der Waals surface area contributed by atoms with E-state index in [1.165, 1.54) is 0 Å². The molecule has 1 aliphatic heterocycles. The van der Waals surface area contributed by atoms with Crippen LogP contribution in [0.5, 0.6) is 0 Å². The summed E-state index contributed by atoms with van der Waals surface area (Å²) in [5.41, 5.74) is 1.14. The van der Waals surface area contributed by atoms with Crippen LogP contribution in [0.3, 0.4) is 0 Å². The Morgan fingerprint density at radius 3 is 2.71 bits per heavy atom. The van der Waals surface area contributed by atoms with Crippen LogP contribution in [0.15, 0.2) is 47.1 Å². The van der Waals surface area contributed by atoms with Crippen molar-refractivity contribution in [2.75, 3.05) is 6.54 Å². The van der Waals surface area contributed by atoms with E-state index in [0.717, 1.165) is 49.8 Å². The predicted octanol–water partition coefficient (Wildman–Crippen LogP) is 4.25. The Morgan fingerprint density at radius 1 is 1.21 bits per heavy atom. The van der Waals surface area contributed by atoms with Crippen LogP contribution in [0, 0.1) is 0 Å². The maximum Gasteiger partial charge on any atom is 0.254 e. The summed E-state index contributed by atoms with van der Waals surface area (Å²) in [5.74, 6) is 0.466. The minimum atomic E-state index is -0.409. The maximum atomic E-state index is 13.5. The van der Waals surface area contributed by atoms with Crippen molar-refractivity contribution in [2.45, 2.75) is 63.5 Å². The van der Waals surface area contributed by atoms with E-state index in [-0.39, 0.29) is 17.7 Å². The first-order valence-electron chi connectivity index (χ1n) is 10.4. The lowest BCUT2D eigenvalue weighted by Crippen LogP contribution is -2.60. The minimum Gasteiger partial charge on any atom is -0.467 e. The number of benzene rings is 1. The molecule has 5 heteroatoms. The van der Waals surface area contributed by atoms with Gasteiger partial charge in [-0.2, -0.15) is 0 Å². The molecule has 0 bridgehead atoms. The first kappa shape index (κ1) is 18.8. The van der Waals surface area contributed by atoms with Crippen molar-refractivity contribution in [1.29, 1.82) is 0 Å². The van der Waals surface area contributed by atoms with E-state index >= 15 is 0 Å². The average molecular weight is 380 g/mol. The van der Waals surface area contributed by atoms with E-state index in [1.807, 2.05) is 41.3 Å². The van der Waals surface area contributed by atoms with E-state index < -0.39 is 5.54 Å². The molecule has 2 amide bonds. The molecule has 2 aliphatic rings. The fourth-order valence-corrected chi connectivity index (χ4v) is 5.00. The molecule has 0 saturated heterocycles. The van der Waals surface area contributed by atoms with Crippen LogP contribution in [-0.2, 0) is 11.3 Å². The number of carbonyl (C=O) groups is 2. The number of amides is 2. The van der Waals surface area contributed by atoms with Gasteiger partial charge < -0.3 is 14.6 Å². The number of rotatable bonds is 6. The summed E-state index contributed by atoms with van der Waals surface area (Å²) < 4.78 is 5.37. The number of furan rings is 1. The molecule has 1 aromatic carbocycles. The standard InChI is InChI=1S/C23H28N2O3/c1-2-3-14-25-22(27)19-11-5-4-10-18(19)20(23(25)12-6-7-13-23)21(26)24-16-17-9-8-15-28-17/h4-5,8-11,15,20H,2-3,6-7,12-14,16H2,1H3,(H,24,26). The first-order chi connectivity index (χ1) is 13.7. The lowest BCUT2D eigenvalue weighted by atomic mass is 9.71. The van der Waals surface area contributed by atoms with Crippen LogP contribution in [-0.4, -0.2) is 28.8 Å². The molecule has 1 spiro atoms. The van der Waals surface area contributed by atoms with Crippen LogP contribution >= 0.6 is 0 Å². The topological polar surface area (TPSA) is 62.6 Å². The van der Waals surface area contributed by atoms with Crippen molar-refractivity contribution in [3.63, 3.8) is 0 Å². The zero-order valence-electron chi connectivity index (χ0n) is 16.4. The number of hydrogen-bond acceptors (Lipinski definition) is 3. The van der Waals surface area contributed by atoms with Gasteiger partial charge in [-0.15, -0.1) is 0 Å². The molecule has 1 fully saturated rings. The van der Waals surface area contributed by atoms with Crippen molar-refractivity contribution in [3.8, 4) is 0 Å². The summed E-state index contributed by atoms with van der Waals surface area (Å²) in [7, 11) is 0. The number of fused-ring (bicyclic) bond motifs is 1. The van der Waals surface area contributed by atoms with E-state index in [4.69, 9.17) is 4.42 Å². The van der Waals surface area contributed by atoms with Gasteiger partial charge in [-0.25, -0.2) is 0 Å². The van der Waals surface area contributed by atoms with Gasteiger partial charge in [0.1, 0.15) is 5.76 Å². The molecule has 2 heterocycles. The molecule has 1 saturated carbocycles. The van der Waals surface area contributed by atoms with Crippen LogP contribution in [0.2, 0.25) is 0 Å². The van der Waals surface area contributed by atoms with Gasteiger partial charge in [0.05, 0.1) is 24.3 Å². The van der Waals surface area contributed by atoms with E-state index in [2.05, 4.69) is 12.2 Å². The quantitative estimate of drug-likeness (QED) is 0.815. The van der Waals surface area contributed by atoms with Gasteiger partial charge in [-0.1, -0.05) is 44.4 Å². The van der Waals surface area contributed by atoms with Gasteiger partial charge in [0.25, 0.3) is 5.91 Å². The molecule has 2 aromatic rings. The summed E-state index contributed by atoms with van der Waals surface area (Å²) in [5, 5.41) is 3.07. The van der Waals surface area contributed by atoms with Crippen molar-refractivity contribution >= 4 is 11.8 Å². The van der Waals surface area contributed by atoms with Gasteiger partial charge in [0.15, 0.2) is 0 Å². The predicted molar refractivity (Wildman–Crippen MR) is 107 cm³/mol. The first-order valence-corrected chi connectivity index (χ1v) is 10.4. The normalized spacial score (nSPS) is 20.4. The second-order valence-electron chi connectivity index (χ2n) is 7.94. The van der Waals surface area contributed by atoms with Crippen LogP contribution in [0.4, 0.5) is 0 Å².